The lowest BCUT2D eigenvalue weighted by Gasteiger charge is -2.22. The third-order valence-corrected chi connectivity index (χ3v) is 8.40. The number of carbonyl (C=O) groups excluding carboxylic acids is 2. The average molecular weight is 797 g/mol. The van der Waals surface area contributed by atoms with Crippen LogP contribution in [0.3, 0.4) is 0 Å². The zero-order valence-corrected chi connectivity index (χ0v) is 34.2. The van der Waals surface area contributed by atoms with Crippen molar-refractivity contribution >= 4 is 23.4 Å². The molecule has 0 bridgehead atoms. The Kier molecular flexibility index (Phi) is 12.4. The van der Waals surface area contributed by atoms with Crippen LogP contribution in [0, 0.1) is 11.6 Å². The van der Waals surface area contributed by atoms with Crippen molar-refractivity contribution in [1.82, 2.24) is 39.7 Å². The number of benzene rings is 2. The molecular weight excluding hydrogens is 750 g/mol. The number of rotatable bonds is 7. The lowest BCUT2D eigenvalue weighted by molar-refractivity contribution is 0.0910. The molecule has 0 radical (unpaired) electrons. The third kappa shape index (κ3) is 11.0. The van der Waals surface area contributed by atoms with Crippen molar-refractivity contribution in [1.29, 1.82) is 0 Å². The fourth-order valence-electron chi connectivity index (χ4n) is 5.64. The summed E-state index contributed by atoms with van der Waals surface area (Å²) in [7, 11) is 0. The lowest BCUT2D eigenvalue weighted by Crippen LogP contribution is -2.40. The molecule has 4 heterocycles. The molecule has 0 spiro atoms. The first-order valence-electron chi connectivity index (χ1n) is 18.2. The van der Waals surface area contributed by atoms with Gasteiger partial charge in [-0.25, -0.2) is 28.7 Å². The summed E-state index contributed by atoms with van der Waals surface area (Å²) in [6.45, 7) is 17.3. The van der Waals surface area contributed by atoms with Crippen molar-refractivity contribution in [2.75, 3.05) is 0 Å². The van der Waals surface area contributed by atoms with E-state index in [0.717, 1.165) is 23.5 Å². The second-order valence-electron chi connectivity index (χ2n) is 16.5. The number of halogens is 3. The molecule has 6 rings (SSSR count). The quantitative estimate of drug-likeness (QED) is 0.147. The molecule has 0 unspecified atom stereocenters. The molecule has 11 nitrogen and oxygen atoms in total. The van der Waals surface area contributed by atoms with Crippen LogP contribution < -0.4 is 10.6 Å². The van der Waals surface area contributed by atoms with Gasteiger partial charge in [-0.15, -0.1) is 0 Å². The van der Waals surface area contributed by atoms with Crippen LogP contribution in [0.5, 0.6) is 0 Å². The standard InChI is InChI=1S/C23H26F2N4O.C20H21ClN4O2/c1-22(2,3)21-26-9-10-29(21)19-13-15(20(30)28-23(4,5)6)12-18(27-19)14-7-8-16(24)17(25)11-14;1-20(2,3)24-19(27)14-10-16(13-4-6-15(21)7-5-13)23-17(11-14)25-9-8-22-18(25)12-26/h7-13H,1-6H3,(H,28,30);4-11,26H,12H2,1-3H3,(H,24,27). The lowest BCUT2D eigenvalue weighted by atomic mass is 9.95. The summed E-state index contributed by atoms with van der Waals surface area (Å²) in [5, 5.41) is 16.0. The molecule has 0 aliphatic carbocycles. The van der Waals surface area contributed by atoms with E-state index in [-0.39, 0.29) is 29.4 Å². The Morgan fingerprint density at radius 1 is 0.667 bits per heavy atom. The van der Waals surface area contributed by atoms with Crippen molar-refractivity contribution < 1.29 is 23.5 Å². The second-order valence-corrected chi connectivity index (χ2v) is 16.9. The smallest absolute Gasteiger partial charge is 0.251 e. The Balaban J connectivity index is 0.000000219. The van der Waals surface area contributed by atoms with Crippen molar-refractivity contribution in [3.05, 3.63) is 131 Å². The molecule has 57 heavy (non-hydrogen) atoms. The Hall–Kier alpha value is -5.79. The Morgan fingerprint density at radius 3 is 1.67 bits per heavy atom. The molecule has 0 aliphatic rings. The Bertz CT molecular complexity index is 2390. The van der Waals surface area contributed by atoms with E-state index in [4.69, 9.17) is 11.6 Å². The van der Waals surface area contributed by atoms with Crippen LogP contribution in [0.2, 0.25) is 5.02 Å². The van der Waals surface area contributed by atoms with E-state index in [1.165, 1.54) is 6.07 Å². The third-order valence-electron chi connectivity index (χ3n) is 8.14. The number of pyridine rings is 2. The van der Waals surface area contributed by atoms with Gasteiger partial charge in [0.05, 0.1) is 11.4 Å². The zero-order chi connectivity index (χ0) is 41.9. The van der Waals surface area contributed by atoms with Crippen molar-refractivity contribution in [3.63, 3.8) is 0 Å². The van der Waals surface area contributed by atoms with Crippen LogP contribution in [0.1, 0.15) is 94.7 Å². The molecule has 0 saturated carbocycles. The number of amides is 2. The highest BCUT2D eigenvalue weighted by Gasteiger charge is 2.24. The molecule has 0 atom stereocenters. The van der Waals surface area contributed by atoms with Crippen LogP contribution in [0.25, 0.3) is 34.2 Å². The van der Waals surface area contributed by atoms with Crippen molar-refractivity contribution in [2.45, 2.75) is 85.4 Å². The van der Waals surface area contributed by atoms with Gasteiger partial charge in [0, 0.05) is 68.6 Å². The number of hydrogen-bond acceptors (Lipinski definition) is 7. The molecule has 2 amide bonds. The number of carbonyl (C=O) groups is 2. The fraction of sp³-hybridized carbons (Fsp3) is 0.302. The van der Waals surface area contributed by atoms with E-state index in [9.17, 15) is 23.5 Å². The summed E-state index contributed by atoms with van der Waals surface area (Å²) in [5.41, 5.74) is 1.95. The van der Waals surface area contributed by atoms with E-state index in [0.29, 0.717) is 50.6 Å². The molecular formula is C43H47ClF2N8O3. The van der Waals surface area contributed by atoms with Gasteiger partial charge in [0.25, 0.3) is 11.8 Å². The van der Waals surface area contributed by atoms with Gasteiger partial charge in [-0.05, 0) is 96.1 Å². The van der Waals surface area contributed by atoms with Gasteiger partial charge in [0.2, 0.25) is 0 Å². The maximum absolute atomic E-state index is 13.8. The molecule has 4 aromatic heterocycles. The summed E-state index contributed by atoms with van der Waals surface area (Å²) >= 11 is 5.98. The van der Waals surface area contributed by atoms with Gasteiger partial charge in [0.1, 0.15) is 29.9 Å². The number of nitrogens with one attached hydrogen (secondary N) is 2. The van der Waals surface area contributed by atoms with Crippen LogP contribution >= 0.6 is 11.6 Å². The molecule has 0 fully saturated rings. The molecule has 3 N–H and O–H groups in total. The van der Waals surface area contributed by atoms with Crippen LogP contribution in [0.15, 0.2) is 91.5 Å². The number of hydrogen-bond donors (Lipinski definition) is 3. The van der Waals surface area contributed by atoms with Crippen LogP contribution in [-0.2, 0) is 12.0 Å². The number of aliphatic hydroxyl groups is 1. The largest absolute Gasteiger partial charge is 0.388 e. The minimum Gasteiger partial charge on any atom is -0.388 e. The minimum absolute atomic E-state index is 0.202. The van der Waals surface area contributed by atoms with E-state index >= 15 is 0 Å². The second kappa shape index (κ2) is 16.7. The number of aliphatic hydroxyl groups excluding tert-OH is 1. The highest BCUT2D eigenvalue weighted by atomic mass is 35.5. The van der Waals surface area contributed by atoms with E-state index in [2.05, 4.69) is 30.6 Å². The van der Waals surface area contributed by atoms with Crippen molar-refractivity contribution in [3.8, 4) is 34.2 Å². The average Bonchev–Trinajstić information content (AvgIpc) is 3.83. The molecule has 298 valence electrons. The number of aromatic nitrogens is 6. The molecule has 0 aliphatic heterocycles. The minimum atomic E-state index is -0.974. The summed E-state index contributed by atoms with van der Waals surface area (Å²) < 4.78 is 30.7. The number of imidazole rings is 2. The van der Waals surface area contributed by atoms with Crippen LogP contribution in [-0.4, -0.2) is 57.1 Å². The molecule has 2 aromatic carbocycles. The highest BCUT2D eigenvalue weighted by molar-refractivity contribution is 6.30. The monoisotopic (exact) mass is 796 g/mol. The first-order chi connectivity index (χ1) is 26.6. The topological polar surface area (TPSA) is 140 Å². The highest BCUT2D eigenvalue weighted by Crippen LogP contribution is 2.28. The van der Waals surface area contributed by atoms with E-state index in [1.807, 2.05) is 74.4 Å². The zero-order valence-electron chi connectivity index (χ0n) is 33.4. The Labute approximate surface area is 336 Å². The van der Waals surface area contributed by atoms with E-state index in [1.54, 1.807) is 70.3 Å². The first-order valence-corrected chi connectivity index (χ1v) is 18.6. The van der Waals surface area contributed by atoms with Gasteiger partial charge >= 0.3 is 0 Å². The fourth-order valence-corrected chi connectivity index (χ4v) is 5.77. The first kappa shape index (κ1) is 42.4. The summed E-state index contributed by atoms with van der Waals surface area (Å²) in [5.74, 6) is -0.220. The molecule has 6 aromatic rings. The van der Waals surface area contributed by atoms with Gasteiger partial charge in [-0.3, -0.25) is 18.7 Å². The SMILES string of the molecule is CC(C)(C)NC(=O)c1cc(-c2ccc(Cl)cc2)nc(-n2ccnc2CO)c1.CC(C)(C)NC(=O)c1cc(-c2ccc(F)c(F)c2)nc(-n2ccnc2C(C)(C)C)c1. The summed E-state index contributed by atoms with van der Waals surface area (Å²) in [6, 6.07) is 17.5. The van der Waals surface area contributed by atoms with Crippen LogP contribution in [0.4, 0.5) is 8.78 Å². The maximum Gasteiger partial charge on any atom is 0.251 e. The predicted molar refractivity (Wildman–Crippen MR) is 218 cm³/mol. The van der Waals surface area contributed by atoms with E-state index < -0.39 is 17.2 Å². The Morgan fingerprint density at radius 2 is 1.16 bits per heavy atom. The molecule has 0 saturated heterocycles. The van der Waals surface area contributed by atoms with Crippen molar-refractivity contribution in [2.24, 2.45) is 0 Å². The summed E-state index contributed by atoms with van der Waals surface area (Å²) in [4.78, 5) is 43.4. The van der Waals surface area contributed by atoms with Gasteiger partial charge < -0.3 is 15.7 Å². The van der Waals surface area contributed by atoms with Gasteiger partial charge in [0.15, 0.2) is 11.6 Å². The van der Waals surface area contributed by atoms with Gasteiger partial charge in [-0.1, -0.05) is 44.5 Å². The van der Waals surface area contributed by atoms with Gasteiger partial charge in [-0.2, -0.15) is 0 Å². The maximum atomic E-state index is 13.8. The number of nitrogens with zero attached hydrogens (tertiary/aromatic N) is 6. The normalized spacial score (nSPS) is 11.8. The summed E-state index contributed by atoms with van der Waals surface area (Å²) in [6.07, 6.45) is 6.72. The molecule has 14 heteroatoms. The predicted octanol–water partition coefficient (Wildman–Crippen LogP) is 8.65.